The average Bonchev–Trinajstić information content (AvgIpc) is 3.31. The van der Waals surface area contributed by atoms with Crippen molar-refractivity contribution in [3.63, 3.8) is 0 Å². The number of nitrogens with one attached hydrogen (secondary N) is 1. The molecule has 0 unspecified atom stereocenters. The number of sulfonamides is 1. The van der Waals surface area contributed by atoms with Gasteiger partial charge in [-0.25, -0.2) is 8.42 Å². The van der Waals surface area contributed by atoms with Gasteiger partial charge in [0, 0.05) is 30.7 Å². The minimum atomic E-state index is -3.59. The van der Waals surface area contributed by atoms with Gasteiger partial charge in [0.25, 0.3) is 5.91 Å². The molecule has 0 bridgehead atoms. The first-order valence-electron chi connectivity index (χ1n) is 10.4. The number of benzene rings is 2. The molecule has 1 N–H and O–H groups in total. The van der Waals surface area contributed by atoms with Crippen LogP contribution in [-0.4, -0.2) is 44.8 Å². The van der Waals surface area contributed by atoms with E-state index in [4.69, 9.17) is 0 Å². The van der Waals surface area contributed by atoms with Crippen LogP contribution in [0.5, 0.6) is 0 Å². The maximum atomic E-state index is 13.1. The normalized spacial score (nSPS) is 17.8. The zero-order valence-corrected chi connectivity index (χ0v) is 19.2. The summed E-state index contributed by atoms with van der Waals surface area (Å²) in [7, 11) is -3.59. The van der Waals surface area contributed by atoms with E-state index in [0.29, 0.717) is 23.1 Å². The lowest BCUT2D eigenvalue weighted by Crippen LogP contribution is -2.30. The Morgan fingerprint density at radius 1 is 0.900 bits per heavy atom. The summed E-state index contributed by atoms with van der Waals surface area (Å²) in [5, 5.41) is 2.99. The predicted molar refractivity (Wildman–Crippen MR) is 123 cm³/mol. The molecule has 0 spiro atoms. The minimum absolute atomic E-state index is 0.155. The molecule has 2 aliphatic heterocycles. The van der Waals surface area contributed by atoms with Crippen LogP contribution in [0.4, 0.5) is 11.4 Å². The number of amides is 1. The van der Waals surface area contributed by atoms with Crippen LogP contribution in [0, 0.1) is 0 Å². The summed E-state index contributed by atoms with van der Waals surface area (Å²) in [6.07, 6.45) is 5.26. The van der Waals surface area contributed by atoms with Gasteiger partial charge in [-0.1, -0.05) is 12.1 Å². The van der Waals surface area contributed by atoms with E-state index in [1.165, 1.54) is 16.8 Å². The smallest absolute Gasteiger partial charge is 0.256 e. The molecule has 8 heteroatoms. The Morgan fingerprint density at radius 3 is 2.30 bits per heavy atom. The Labute approximate surface area is 186 Å². The summed E-state index contributed by atoms with van der Waals surface area (Å²) in [6, 6.07) is 12.4. The standard InChI is InChI=1S/C22H26BrN3O3S/c23-19-11-10-17(30(28,29)26-14-6-7-15-26)16-18(19)22(27)24-20-8-2-3-9-21(20)25-12-4-1-5-13-25/h2-3,8-11,16H,1,4-7,12-15H2,(H,24,27). The zero-order valence-electron chi connectivity index (χ0n) is 16.8. The Bertz CT molecular complexity index is 1030. The van der Waals surface area contributed by atoms with Crippen LogP contribution in [-0.2, 0) is 10.0 Å². The first-order chi connectivity index (χ1) is 14.5. The van der Waals surface area contributed by atoms with Gasteiger partial charge in [0.05, 0.1) is 21.8 Å². The molecule has 0 saturated carbocycles. The van der Waals surface area contributed by atoms with Gasteiger partial charge in [-0.05, 0) is 78.4 Å². The molecular formula is C22H26BrN3O3S. The van der Waals surface area contributed by atoms with Crippen LogP contribution in [0.25, 0.3) is 0 Å². The highest BCUT2D eigenvalue weighted by molar-refractivity contribution is 9.10. The Balaban J connectivity index is 1.60. The van der Waals surface area contributed by atoms with Crippen molar-refractivity contribution in [2.24, 2.45) is 0 Å². The van der Waals surface area contributed by atoms with E-state index < -0.39 is 10.0 Å². The molecule has 1 amide bonds. The van der Waals surface area contributed by atoms with Crippen molar-refractivity contribution in [2.45, 2.75) is 37.0 Å². The third kappa shape index (κ3) is 4.40. The van der Waals surface area contributed by atoms with E-state index in [-0.39, 0.29) is 10.8 Å². The van der Waals surface area contributed by atoms with E-state index >= 15 is 0 Å². The largest absolute Gasteiger partial charge is 0.370 e. The summed E-state index contributed by atoms with van der Waals surface area (Å²) >= 11 is 3.41. The Morgan fingerprint density at radius 2 is 1.57 bits per heavy atom. The molecule has 0 aromatic heterocycles. The van der Waals surface area contributed by atoms with Gasteiger partial charge < -0.3 is 10.2 Å². The predicted octanol–water partition coefficient (Wildman–Crippen LogP) is 4.48. The van der Waals surface area contributed by atoms with Gasteiger partial charge in [0.2, 0.25) is 10.0 Å². The first-order valence-corrected chi connectivity index (χ1v) is 12.7. The van der Waals surface area contributed by atoms with Crippen molar-refractivity contribution in [2.75, 3.05) is 36.4 Å². The second-order valence-electron chi connectivity index (χ2n) is 7.77. The zero-order chi connectivity index (χ0) is 21.1. The van der Waals surface area contributed by atoms with Crippen molar-refractivity contribution >= 4 is 43.2 Å². The summed E-state index contributed by atoms with van der Waals surface area (Å²) in [6.45, 7) is 3.01. The number of anilines is 2. The van der Waals surface area contributed by atoms with Crippen LogP contribution in [0.15, 0.2) is 51.8 Å². The fraction of sp³-hybridized carbons (Fsp3) is 0.409. The number of para-hydroxylation sites is 2. The highest BCUT2D eigenvalue weighted by Crippen LogP contribution is 2.30. The number of rotatable bonds is 5. The molecule has 0 atom stereocenters. The number of carbonyl (C=O) groups is 1. The van der Waals surface area contributed by atoms with Crippen LogP contribution in [0.3, 0.4) is 0 Å². The van der Waals surface area contributed by atoms with E-state index in [2.05, 4.69) is 26.1 Å². The lowest BCUT2D eigenvalue weighted by Gasteiger charge is -2.30. The third-order valence-corrected chi connectivity index (χ3v) is 8.32. The van der Waals surface area contributed by atoms with Gasteiger partial charge >= 0.3 is 0 Å². The lowest BCUT2D eigenvalue weighted by atomic mass is 10.1. The molecule has 2 aromatic rings. The molecule has 2 aromatic carbocycles. The summed E-state index contributed by atoms with van der Waals surface area (Å²) in [5.74, 6) is -0.329. The topological polar surface area (TPSA) is 69.7 Å². The molecular weight excluding hydrogens is 466 g/mol. The van der Waals surface area contributed by atoms with Crippen molar-refractivity contribution in [1.82, 2.24) is 4.31 Å². The van der Waals surface area contributed by atoms with Crippen LogP contribution in [0.2, 0.25) is 0 Å². The first kappa shape index (κ1) is 21.3. The molecule has 160 valence electrons. The van der Waals surface area contributed by atoms with Crippen LogP contribution in [0.1, 0.15) is 42.5 Å². The molecule has 2 heterocycles. The number of halogens is 1. The molecule has 4 rings (SSSR count). The molecule has 6 nitrogen and oxygen atoms in total. The fourth-order valence-corrected chi connectivity index (χ4v) is 6.07. The molecule has 0 aliphatic carbocycles. The second kappa shape index (κ2) is 9.08. The SMILES string of the molecule is O=C(Nc1ccccc1N1CCCCC1)c1cc(S(=O)(=O)N2CCCC2)ccc1Br. The maximum Gasteiger partial charge on any atom is 0.256 e. The number of carbonyl (C=O) groups excluding carboxylic acids is 1. The molecule has 2 saturated heterocycles. The molecule has 2 fully saturated rings. The van der Waals surface area contributed by atoms with Crippen molar-refractivity contribution in [3.05, 3.63) is 52.5 Å². The fourth-order valence-electron chi connectivity index (χ4n) is 4.10. The summed E-state index contributed by atoms with van der Waals surface area (Å²) in [5.41, 5.74) is 2.05. The average molecular weight is 492 g/mol. The highest BCUT2D eigenvalue weighted by Gasteiger charge is 2.28. The molecule has 2 aliphatic rings. The second-order valence-corrected chi connectivity index (χ2v) is 10.6. The van der Waals surface area contributed by atoms with Crippen molar-refractivity contribution < 1.29 is 13.2 Å². The third-order valence-electron chi connectivity index (χ3n) is 5.73. The molecule has 30 heavy (non-hydrogen) atoms. The summed E-state index contributed by atoms with van der Waals surface area (Å²) < 4.78 is 27.9. The number of nitrogens with zero attached hydrogens (tertiary/aromatic N) is 2. The van der Waals surface area contributed by atoms with Gasteiger partial charge in [0.15, 0.2) is 0 Å². The highest BCUT2D eigenvalue weighted by atomic mass is 79.9. The quantitative estimate of drug-likeness (QED) is 0.669. The van der Waals surface area contributed by atoms with Crippen molar-refractivity contribution in [3.8, 4) is 0 Å². The number of piperidine rings is 1. The van der Waals surface area contributed by atoms with E-state index in [1.54, 1.807) is 12.1 Å². The van der Waals surface area contributed by atoms with E-state index in [1.807, 2.05) is 24.3 Å². The van der Waals surface area contributed by atoms with Gasteiger partial charge in [-0.2, -0.15) is 4.31 Å². The minimum Gasteiger partial charge on any atom is -0.370 e. The maximum absolute atomic E-state index is 13.1. The van der Waals surface area contributed by atoms with Crippen LogP contribution < -0.4 is 10.2 Å². The van der Waals surface area contributed by atoms with Gasteiger partial charge in [-0.15, -0.1) is 0 Å². The number of hydrogen-bond acceptors (Lipinski definition) is 4. The van der Waals surface area contributed by atoms with E-state index in [9.17, 15) is 13.2 Å². The van der Waals surface area contributed by atoms with Gasteiger partial charge in [0.1, 0.15) is 0 Å². The number of hydrogen-bond donors (Lipinski definition) is 1. The lowest BCUT2D eigenvalue weighted by molar-refractivity contribution is 0.102. The summed E-state index contributed by atoms with van der Waals surface area (Å²) in [4.78, 5) is 15.6. The molecule has 0 radical (unpaired) electrons. The Hall–Kier alpha value is -1.90. The van der Waals surface area contributed by atoms with Crippen molar-refractivity contribution in [1.29, 1.82) is 0 Å². The monoisotopic (exact) mass is 491 g/mol. The van der Waals surface area contributed by atoms with Crippen LogP contribution >= 0.6 is 15.9 Å². The van der Waals surface area contributed by atoms with Gasteiger partial charge in [-0.3, -0.25) is 4.79 Å². The Kier molecular flexibility index (Phi) is 6.46. The van der Waals surface area contributed by atoms with E-state index in [0.717, 1.165) is 50.1 Å².